The van der Waals surface area contributed by atoms with E-state index in [2.05, 4.69) is 10.6 Å². The van der Waals surface area contributed by atoms with Gasteiger partial charge in [0.15, 0.2) is 0 Å². The lowest BCUT2D eigenvalue weighted by atomic mass is 9.74. The van der Waals surface area contributed by atoms with Crippen LogP contribution in [0.1, 0.15) is 59.3 Å². The zero-order valence-corrected chi connectivity index (χ0v) is 16.8. The van der Waals surface area contributed by atoms with Gasteiger partial charge < -0.3 is 20.8 Å². The van der Waals surface area contributed by atoms with E-state index in [0.29, 0.717) is 25.7 Å². The Kier molecular flexibility index (Phi) is 7.43. The van der Waals surface area contributed by atoms with Crippen LogP contribution in [-0.4, -0.2) is 40.1 Å². The first-order chi connectivity index (χ1) is 13.1. The van der Waals surface area contributed by atoms with Crippen LogP contribution in [0.3, 0.4) is 0 Å². The van der Waals surface area contributed by atoms with E-state index in [9.17, 15) is 29.4 Å². The molecule has 2 aliphatic rings. The molecule has 2 aliphatic carbocycles. The molecular formula is C20H32N2O6. The molecule has 4 N–H and O–H groups in total. The van der Waals surface area contributed by atoms with E-state index in [0.717, 1.165) is 12.8 Å². The fourth-order valence-electron chi connectivity index (χ4n) is 4.61. The first kappa shape index (κ1) is 22.2. The van der Waals surface area contributed by atoms with Crippen molar-refractivity contribution in [1.82, 2.24) is 10.6 Å². The lowest BCUT2D eigenvalue weighted by Gasteiger charge is -2.33. The molecule has 0 saturated heterocycles. The number of hydrogen-bond donors (Lipinski definition) is 4. The van der Waals surface area contributed by atoms with Crippen molar-refractivity contribution >= 4 is 23.8 Å². The average molecular weight is 396 g/mol. The van der Waals surface area contributed by atoms with Crippen LogP contribution >= 0.6 is 0 Å². The van der Waals surface area contributed by atoms with Gasteiger partial charge in [-0.05, 0) is 57.3 Å². The third kappa shape index (κ3) is 5.45. The maximum atomic E-state index is 12.6. The third-order valence-corrected chi connectivity index (χ3v) is 6.25. The van der Waals surface area contributed by atoms with Crippen molar-refractivity contribution < 1.29 is 29.4 Å². The molecule has 0 bridgehead atoms. The molecular weight excluding hydrogens is 364 g/mol. The summed E-state index contributed by atoms with van der Waals surface area (Å²) in [5, 5.41) is 24.2. The van der Waals surface area contributed by atoms with Crippen molar-refractivity contribution in [3.05, 3.63) is 0 Å². The fraction of sp³-hybridized carbons (Fsp3) is 0.800. The van der Waals surface area contributed by atoms with Gasteiger partial charge in [-0.15, -0.1) is 0 Å². The van der Waals surface area contributed by atoms with Gasteiger partial charge in [-0.25, -0.2) is 0 Å². The summed E-state index contributed by atoms with van der Waals surface area (Å²) in [5.74, 6) is -4.82. The molecule has 0 aromatic rings. The van der Waals surface area contributed by atoms with Gasteiger partial charge in [0.1, 0.15) is 0 Å². The van der Waals surface area contributed by atoms with E-state index >= 15 is 0 Å². The van der Waals surface area contributed by atoms with Crippen LogP contribution in [0.4, 0.5) is 0 Å². The minimum absolute atomic E-state index is 0.268. The van der Waals surface area contributed by atoms with Gasteiger partial charge in [-0.1, -0.05) is 13.8 Å². The van der Waals surface area contributed by atoms with E-state index in [1.807, 2.05) is 13.8 Å². The van der Waals surface area contributed by atoms with Crippen molar-refractivity contribution in [3.63, 3.8) is 0 Å². The molecule has 2 amide bonds. The average Bonchev–Trinajstić information content (AvgIpc) is 2.60. The summed E-state index contributed by atoms with van der Waals surface area (Å²) in [6, 6.07) is 0. The number of carboxylic acid groups (broad SMARTS) is 2. The maximum absolute atomic E-state index is 12.6. The summed E-state index contributed by atoms with van der Waals surface area (Å²) in [4.78, 5) is 48.2. The summed E-state index contributed by atoms with van der Waals surface area (Å²) in [6.45, 7) is 5.58. The standard InChI is InChI=1S/C20H32N2O6/c1-10-4-6-13(15(8-10)19(25)26)17(23)21-12(3)22-18(24)14-7-5-11(2)9-16(14)20(27)28/h10-16H,4-9H2,1-3H3,(H,21,23)(H,22,24)(H,25,26)(H,27,28). The van der Waals surface area contributed by atoms with Gasteiger partial charge in [0.2, 0.25) is 11.8 Å². The normalized spacial score (nSPS) is 34.1. The van der Waals surface area contributed by atoms with Crippen molar-refractivity contribution in [2.75, 3.05) is 0 Å². The molecule has 8 nitrogen and oxygen atoms in total. The number of hydrogen-bond acceptors (Lipinski definition) is 4. The summed E-state index contributed by atoms with van der Waals surface area (Å²) in [7, 11) is 0. The SMILES string of the molecule is CC1CCC(C(=O)NC(C)NC(=O)C2CCC(C)CC2C(=O)O)C(C(=O)O)C1. The van der Waals surface area contributed by atoms with Crippen LogP contribution in [0.2, 0.25) is 0 Å². The molecule has 6 unspecified atom stereocenters. The molecule has 158 valence electrons. The first-order valence-electron chi connectivity index (χ1n) is 10.2. The number of carbonyl (C=O) groups excluding carboxylic acids is 2. The monoisotopic (exact) mass is 396 g/mol. The van der Waals surface area contributed by atoms with E-state index in [4.69, 9.17) is 0 Å². The third-order valence-electron chi connectivity index (χ3n) is 6.25. The molecule has 8 heteroatoms. The second kappa shape index (κ2) is 9.39. The van der Waals surface area contributed by atoms with Gasteiger partial charge in [-0.2, -0.15) is 0 Å². The Hall–Kier alpha value is -2.12. The van der Waals surface area contributed by atoms with Crippen LogP contribution in [0, 0.1) is 35.5 Å². The fourth-order valence-corrected chi connectivity index (χ4v) is 4.61. The second-order valence-electron chi connectivity index (χ2n) is 8.68. The Morgan fingerprint density at radius 2 is 1.07 bits per heavy atom. The summed E-state index contributed by atoms with van der Waals surface area (Å²) in [5.41, 5.74) is 0. The lowest BCUT2D eigenvalue weighted by Crippen LogP contribution is -2.52. The predicted octanol–water partition coefficient (Wildman–Crippen LogP) is 1.84. The van der Waals surface area contributed by atoms with Crippen molar-refractivity contribution in [2.24, 2.45) is 35.5 Å². The Labute approximate surface area is 165 Å². The van der Waals surface area contributed by atoms with Crippen molar-refractivity contribution in [1.29, 1.82) is 0 Å². The molecule has 2 saturated carbocycles. The molecule has 0 aromatic carbocycles. The second-order valence-corrected chi connectivity index (χ2v) is 8.68. The number of amides is 2. The van der Waals surface area contributed by atoms with Gasteiger partial charge >= 0.3 is 11.9 Å². The minimum Gasteiger partial charge on any atom is -0.481 e. The summed E-state index contributed by atoms with van der Waals surface area (Å²) in [6.07, 6.45) is 2.84. The zero-order chi connectivity index (χ0) is 21.0. The number of carbonyl (C=O) groups is 4. The van der Waals surface area contributed by atoms with Crippen LogP contribution < -0.4 is 10.6 Å². The molecule has 0 spiro atoms. The highest BCUT2D eigenvalue weighted by atomic mass is 16.4. The molecule has 2 rings (SSSR count). The molecule has 28 heavy (non-hydrogen) atoms. The molecule has 0 heterocycles. The van der Waals surface area contributed by atoms with Crippen LogP contribution in [0.25, 0.3) is 0 Å². The Morgan fingerprint density at radius 1 is 0.714 bits per heavy atom. The Morgan fingerprint density at radius 3 is 1.39 bits per heavy atom. The molecule has 6 atom stereocenters. The van der Waals surface area contributed by atoms with Gasteiger partial charge in [0.25, 0.3) is 0 Å². The Bertz CT molecular complexity index is 570. The minimum atomic E-state index is -0.969. The van der Waals surface area contributed by atoms with Crippen LogP contribution in [-0.2, 0) is 19.2 Å². The number of aliphatic carboxylic acids is 2. The predicted molar refractivity (Wildman–Crippen MR) is 101 cm³/mol. The van der Waals surface area contributed by atoms with Gasteiger partial charge in [0, 0.05) is 0 Å². The summed E-state index contributed by atoms with van der Waals surface area (Å²) < 4.78 is 0. The van der Waals surface area contributed by atoms with Crippen molar-refractivity contribution in [3.8, 4) is 0 Å². The largest absolute Gasteiger partial charge is 0.481 e. The molecule has 2 fully saturated rings. The first-order valence-corrected chi connectivity index (χ1v) is 10.2. The highest BCUT2D eigenvalue weighted by Gasteiger charge is 2.40. The zero-order valence-electron chi connectivity index (χ0n) is 16.8. The van der Waals surface area contributed by atoms with Crippen LogP contribution in [0.15, 0.2) is 0 Å². The van der Waals surface area contributed by atoms with E-state index < -0.39 is 41.8 Å². The molecule has 0 radical (unpaired) electrons. The number of rotatable bonds is 6. The van der Waals surface area contributed by atoms with Gasteiger partial charge in [-0.3, -0.25) is 19.2 Å². The number of nitrogens with one attached hydrogen (secondary N) is 2. The van der Waals surface area contributed by atoms with Gasteiger partial charge in [0.05, 0.1) is 29.8 Å². The van der Waals surface area contributed by atoms with Crippen LogP contribution in [0.5, 0.6) is 0 Å². The highest BCUT2D eigenvalue weighted by molar-refractivity contribution is 5.87. The smallest absolute Gasteiger partial charge is 0.307 e. The van der Waals surface area contributed by atoms with E-state index in [-0.39, 0.29) is 23.7 Å². The number of carboxylic acids is 2. The maximum Gasteiger partial charge on any atom is 0.307 e. The van der Waals surface area contributed by atoms with Crippen molar-refractivity contribution in [2.45, 2.75) is 65.5 Å². The highest BCUT2D eigenvalue weighted by Crippen LogP contribution is 2.35. The topological polar surface area (TPSA) is 133 Å². The Balaban J connectivity index is 1.94. The van der Waals surface area contributed by atoms with E-state index in [1.54, 1.807) is 6.92 Å². The quantitative estimate of drug-likeness (QED) is 0.506. The lowest BCUT2D eigenvalue weighted by molar-refractivity contribution is -0.150. The summed E-state index contributed by atoms with van der Waals surface area (Å²) >= 11 is 0. The molecule has 0 aliphatic heterocycles. The van der Waals surface area contributed by atoms with E-state index in [1.165, 1.54) is 0 Å². The molecule has 0 aromatic heterocycles.